The summed E-state index contributed by atoms with van der Waals surface area (Å²) >= 11 is 0. The van der Waals surface area contributed by atoms with Crippen LogP contribution in [0.3, 0.4) is 0 Å². The Morgan fingerprint density at radius 1 is 1.20 bits per heavy atom. The summed E-state index contributed by atoms with van der Waals surface area (Å²) in [5, 5.41) is 3.39. The van der Waals surface area contributed by atoms with Crippen LogP contribution in [0.25, 0.3) is 0 Å². The predicted molar refractivity (Wildman–Crippen MR) is 58.4 cm³/mol. The van der Waals surface area contributed by atoms with Gasteiger partial charge in [-0.2, -0.15) is 0 Å². The van der Waals surface area contributed by atoms with Crippen molar-refractivity contribution < 1.29 is 9.53 Å². The molecule has 0 amide bonds. The van der Waals surface area contributed by atoms with E-state index in [0.29, 0.717) is 11.8 Å². The number of nitrogens with one attached hydrogen (secondary N) is 1. The smallest absolute Gasteiger partial charge is 0.310 e. The highest BCUT2D eigenvalue weighted by Gasteiger charge is 2.44. The van der Waals surface area contributed by atoms with E-state index in [1.807, 2.05) is 20.8 Å². The number of hydrogen-bond donors (Lipinski definition) is 1. The first-order valence-electron chi connectivity index (χ1n) is 5.91. The van der Waals surface area contributed by atoms with Crippen molar-refractivity contribution >= 4 is 5.97 Å². The SMILES string of the molecule is CC(C)(C)OC(=O)C1[C@@H]2CC[C@H]1CNC2. The summed E-state index contributed by atoms with van der Waals surface area (Å²) in [6.45, 7) is 7.79. The standard InChI is InChI=1S/C12H21NO2/c1-12(2,3)15-11(14)10-8-4-5-9(10)7-13-6-8/h8-10,13H,4-7H2,1-3H3/t8-,9+,10?. The summed E-state index contributed by atoms with van der Waals surface area (Å²) in [6.07, 6.45) is 2.36. The molecule has 3 heteroatoms. The van der Waals surface area contributed by atoms with Crippen LogP contribution in [0, 0.1) is 17.8 Å². The first-order chi connectivity index (χ1) is 6.97. The van der Waals surface area contributed by atoms with Crippen molar-refractivity contribution in [2.24, 2.45) is 17.8 Å². The van der Waals surface area contributed by atoms with Gasteiger partial charge >= 0.3 is 5.97 Å². The minimum absolute atomic E-state index is 0.0245. The van der Waals surface area contributed by atoms with Crippen LogP contribution in [0.5, 0.6) is 0 Å². The van der Waals surface area contributed by atoms with Crippen LogP contribution in [0.1, 0.15) is 33.6 Å². The van der Waals surface area contributed by atoms with E-state index in [4.69, 9.17) is 4.74 Å². The first-order valence-corrected chi connectivity index (χ1v) is 5.91. The minimum Gasteiger partial charge on any atom is -0.460 e. The molecule has 1 aliphatic heterocycles. The zero-order valence-electron chi connectivity index (χ0n) is 9.88. The van der Waals surface area contributed by atoms with Gasteiger partial charge in [-0.05, 0) is 58.5 Å². The Bertz CT molecular complexity index is 241. The second kappa shape index (κ2) is 3.78. The van der Waals surface area contributed by atoms with Crippen molar-refractivity contribution in [3.8, 4) is 0 Å². The highest BCUT2D eigenvalue weighted by Crippen LogP contribution is 2.40. The van der Waals surface area contributed by atoms with Gasteiger partial charge in [-0.25, -0.2) is 0 Å². The van der Waals surface area contributed by atoms with Gasteiger partial charge in [0.15, 0.2) is 0 Å². The molecule has 0 aromatic heterocycles. The van der Waals surface area contributed by atoms with Gasteiger partial charge in [0.1, 0.15) is 5.60 Å². The number of piperidine rings is 1. The van der Waals surface area contributed by atoms with E-state index in [9.17, 15) is 4.79 Å². The normalized spacial score (nSPS) is 35.3. The zero-order valence-corrected chi connectivity index (χ0v) is 9.88. The lowest BCUT2D eigenvalue weighted by Gasteiger charge is -2.31. The molecule has 1 unspecified atom stereocenters. The molecule has 15 heavy (non-hydrogen) atoms. The molecule has 86 valence electrons. The number of carbonyl (C=O) groups is 1. The number of carbonyl (C=O) groups excluding carboxylic acids is 1. The number of hydrogen-bond acceptors (Lipinski definition) is 3. The maximum Gasteiger partial charge on any atom is 0.310 e. The number of esters is 1. The van der Waals surface area contributed by atoms with Gasteiger partial charge in [-0.1, -0.05) is 0 Å². The van der Waals surface area contributed by atoms with E-state index in [2.05, 4.69) is 5.32 Å². The summed E-state index contributed by atoms with van der Waals surface area (Å²) in [6, 6.07) is 0. The van der Waals surface area contributed by atoms with E-state index in [1.54, 1.807) is 0 Å². The van der Waals surface area contributed by atoms with Crippen molar-refractivity contribution in [3.05, 3.63) is 0 Å². The Labute approximate surface area is 91.6 Å². The summed E-state index contributed by atoms with van der Waals surface area (Å²) < 4.78 is 5.49. The largest absolute Gasteiger partial charge is 0.460 e. The van der Waals surface area contributed by atoms with Gasteiger partial charge < -0.3 is 10.1 Å². The molecule has 2 fully saturated rings. The molecule has 2 rings (SSSR count). The van der Waals surface area contributed by atoms with Crippen LogP contribution in [-0.2, 0) is 9.53 Å². The van der Waals surface area contributed by atoms with Gasteiger partial charge in [0.2, 0.25) is 0 Å². The lowest BCUT2D eigenvalue weighted by molar-refractivity contribution is -0.163. The topological polar surface area (TPSA) is 38.3 Å². The highest BCUT2D eigenvalue weighted by molar-refractivity contribution is 5.74. The quantitative estimate of drug-likeness (QED) is 0.669. The van der Waals surface area contributed by atoms with Crippen molar-refractivity contribution in [2.45, 2.75) is 39.2 Å². The molecule has 1 aliphatic carbocycles. The Balaban J connectivity index is 2.01. The van der Waals surface area contributed by atoms with Crippen LogP contribution >= 0.6 is 0 Å². The summed E-state index contributed by atoms with van der Waals surface area (Å²) in [5.41, 5.74) is -0.346. The van der Waals surface area contributed by atoms with Crippen LogP contribution in [0.2, 0.25) is 0 Å². The average Bonchev–Trinajstić information content (AvgIpc) is 2.34. The van der Waals surface area contributed by atoms with E-state index >= 15 is 0 Å². The maximum absolute atomic E-state index is 12.0. The van der Waals surface area contributed by atoms with Gasteiger partial charge in [-0.15, -0.1) is 0 Å². The van der Waals surface area contributed by atoms with Crippen molar-refractivity contribution in [1.29, 1.82) is 0 Å². The number of fused-ring (bicyclic) bond motifs is 2. The third kappa shape index (κ3) is 2.33. The predicted octanol–water partition coefficient (Wildman–Crippen LogP) is 1.57. The van der Waals surface area contributed by atoms with Gasteiger partial charge in [0.05, 0.1) is 5.92 Å². The second-order valence-electron chi connectivity index (χ2n) is 5.82. The molecule has 0 aromatic rings. The van der Waals surface area contributed by atoms with E-state index < -0.39 is 0 Å². The molecular weight excluding hydrogens is 190 g/mol. The van der Waals surface area contributed by atoms with Crippen molar-refractivity contribution in [3.63, 3.8) is 0 Å². The molecule has 1 heterocycles. The monoisotopic (exact) mass is 211 g/mol. The van der Waals surface area contributed by atoms with E-state index in [1.165, 1.54) is 12.8 Å². The number of rotatable bonds is 1. The van der Waals surface area contributed by atoms with Crippen LogP contribution < -0.4 is 5.32 Å². The van der Waals surface area contributed by atoms with E-state index in [-0.39, 0.29) is 17.5 Å². The Morgan fingerprint density at radius 3 is 2.20 bits per heavy atom. The second-order valence-corrected chi connectivity index (χ2v) is 5.82. The molecule has 1 saturated heterocycles. The fourth-order valence-electron chi connectivity index (χ4n) is 2.84. The zero-order chi connectivity index (χ0) is 11.1. The molecule has 1 N–H and O–H groups in total. The lowest BCUT2D eigenvalue weighted by Crippen LogP contribution is -2.44. The Hall–Kier alpha value is -0.570. The van der Waals surface area contributed by atoms with E-state index in [0.717, 1.165) is 13.1 Å². The molecule has 2 aliphatic rings. The van der Waals surface area contributed by atoms with Gasteiger partial charge in [0, 0.05) is 0 Å². The van der Waals surface area contributed by atoms with Crippen LogP contribution in [-0.4, -0.2) is 24.7 Å². The third-order valence-corrected chi connectivity index (χ3v) is 3.42. The molecule has 0 radical (unpaired) electrons. The molecule has 0 spiro atoms. The lowest BCUT2D eigenvalue weighted by atomic mass is 9.86. The highest BCUT2D eigenvalue weighted by atomic mass is 16.6. The summed E-state index contributed by atoms with van der Waals surface area (Å²) in [5.74, 6) is 1.21. The summed E-state index contributed by atoms with van der Waals surface area (Å²) in [4.78, 5) is 12.0. The average molecular weight is 211 g/mol. The first kappa shape index (κ1) is 10.9. The fourth-order valence-corrected chi connectivity index (χ4v) is 2.84. The van der Waals surface area contributed by atoms with Gasteiger partial charge in [0.25, 0.3) is 0 Å². The van der Waals surface area contributed by atoms with Crippen LogP contribution in [0.4, 0.5) is 0 Å². The number of ether oxygens (including phenoxy) is 1. The molecular formula is C12H21NO2. The molecule has 3 nitrogen and oxygen atoms in total. The molecule has 2 bridgehead atoms. The Kier molecular flexibility index (Phi) is 2.75. The molecule has 0 aromatic carbocycles. The maximum atomic E-state index is 12.0. The van der Waals surface area contributed by atoms with Crippen molar-refractivity contribution in [1.82, 2.24) is 5.32 Å². The third-order valence-electron chi connectivity index (χ3n) is 3.42. The molecule has 3 atom stereocenters. The summed E-state index contributed by atoms with van der Waals surface area (Å²) in [7, 11) is 0. The van der Waals surface area contributed by atoms with Gasteiger partial charge in [-0.3, -0.25) is 4.79 Å². The Morgan fingerprint density at radius 2 is 1.73 bits per heavy atom. The fraction of sp³-hybridized carbons (Fsp3) is 0.917. The minimum atomic E-state index is -0.346. The molecule has 1 saturated carbocycles. The van der Waals surface area contributed by atoms with Crippen molar-refractivity contribution in [2.75, 3.05) is 13.1 Å². The van der Waals surface area contributed by atoms with Crippen LogP contribution in [0.15, 0.2) is 0 Å².